The maximum Gasteiger partial charge on any atom is 0.251 e. The molecule has 0 aliphatic carbocycles. The Kier molecular flexibility index (Phi) is 6.55. The van der Waals surface area contributed by atoms with Crippen molar-refractivity contribution < 1.29 is 17.9 Å². The van der Waals surface area contributed by atoms with Crippen molar-refractivity contribution in [3.63, 3.8) is 0 Å². The van der Waals surface area contributed by atoms with Crippen LogP contribution in [-0.4, -0.2) is 40.5 Å². The lowest BCUT2D eigenvalue weighted by atomic mass is 10.0. The number of sulfonamides is 1. The molecule has 0 unspecified atom stereocenters. The normalized spacial score (nSPS) is 11.3. The molecule has 1 N–H and O–H groups in total. The fraction of sp³-hybridized carbons (Fsp3) is 0.238. The van der Waals surface area contributed by atoms with E-state index >= 15 is 0 Å². The third-order valence-corrected chi connectivity index (χ3v) is 7.89. The van der Waals surface area contributed by atoms with Gasteiger partial charge in [0.15, 0.2) is 9.34 Å². The predicted octanol–water partition coefficient (Wildman–Crippen LogP) is 3.24. The van der Waals surface area contributed by atoms with Crippen LogP contribution in [0.2, 0.25) is 0 Å². The van der Waals surface area contributed by atoms with Gasteiger partial charge in [0.25, 0.3) is 10.0 Å². The first kappa shape index (κ1) is 21.9. The van der Waals surface area contributed by atoms with Crippen LogP contribution in [0.15, 0.2) is 52.7 Å². The lowest BCUT2D eigenvalue weighted by Crippen LogP contribution is -2.27. The highest BCUT2D eigenvalue weighted by atomic mass is 32.2. The zero-order valence-corrected chi connectivity index (χ0v) is 18.8. The Morgan fingerprint density at radius 2 is 1.87 bits per heavy atom. The van der Waals surface area contributed by atoms with Gasteiger partial charge in [0.1, 0.15) is 5.75 Å². The zero-order valence-electron chi connectivity index (χ0n) is 17.2. The zero-order chi connectivity index (χ0) is 21.9. The second-order valence-electron chi connectivity index (χ2n) is 6.64. The summed E-state index contributed by atoms with van der Waals surface area (Å²) in [7, 11) is 0.971. The van der Waals surface area contributed by atoms with Crippen LogP contribution in [0.4, 0.5) is 5.13 Å². The predicted molar refractivity (Wildman–Crippen MR) is 119 cm³/mol. The highest BCUT2D eigenvalue weighted by Crippen LogP contribution is 2.29. The molecule has 30 heavy (non-hydrogen) atoms. The summed E-state index contributed by atoms with van der Waals surface area (Å²) in [6.07, 6.45) is 0.182. The van der Waals surface area contributed by atoms with Crippen LogP contribution >= 0.6 is 11.3 Å². The second kappa shape index (κ2) is 8.95. The van der Waals surface area contributed by atoms with Gasteiger partial charge in [-0.2, -0.15) is 0 Å². The molecule has 1 heterocycles. The Morgan fingerprint density at radius 1 is 1.17 bits per heavy atom. The van der Waals surface area contributed by atoms with Gasteiger partial charge in [-0.1, -0.05) is 47.7 Å². The number of rotatable bonds is 7. The van der Waals surface area contributed by atoms with Crippen molar-refractivity contribution in [2.24, 2.45) is 0 Å². The topological polar surface area (TPSA) is 88.6 Å². The van der Waals surface area contributed by atoms with E-state index in [0.29, 0.717) is 10.8 Å². The Labute approximate surface area is 180 Å². The number of aryl methyl sites for hydroxylation is 1. The third kappa shape index (κ3) is 4.69. The quantitative estimate of drug-likeness (QED) is 0.603. The fourth-order valence-electron chi connectivity index (χ4n) is 2.87. The molecule has 0 saturated carbocycles. The van der Waals surface area contributed by atoms with Crippen LogP contribution < -0.4 is 14.4 Å². The van der Waals surface area contributed by atoms with E-state index < -0.39 is 10.0 Å². The minimum atomic E-state index is -3.60. The van der Waals surface area contributed by atoms with E-state index in [1.165, 1.54) is 11.9 Å². The summed E-state index contributed by atoms with van der Waals surface area (Å²) in [5, 5.41) is 0.347. The third-order valence-electron chi connectivity index (χ3n) is 4.63. The summed E-state index contributed by atoms with van der Waals surface area (Å²) < 4.78 is 31.8. The van der Waals surface area contributed by atoms with E-state index in [1.807, 2.05) is 48.5 Å². The number of carbonyl (C=O) groups is 1. The van der Waals surface area contributed by atoms with E-state index in [0.717, 1.165) is 33.8 Å². The highest BCUT2D eigenvalue weighted by molar-refractivity contribution is 7.91. The maximum atomic E-state index is 12.7. The molecule has 0 radical (unpaired) electrons. The number of carbonyl (C=O) groups excluding carboxylic acids is 1. The largest absolute Gasteiger partial charge is 0.497 e. The number of hydrogen-bond donors (Lipinski definition) is 1. The fourth-order valence-corrected chi connectivity index (χ4v) is 5.18. The number of benzene rings is 2. The van der Waals surface area contributed by atoms with Crippen LogP contribution in [0.3, 0.4) is 0 Å². The molecule has 9 heteroatoms. The number of anilines is 1. The molecule has 158 valence electrons. The van der Waals surface area contributed by atoms with Gasteiger partial charge >= 0.3 is 0 Å². The Hall–Kier alpha value is -2.75. The van der Waals surface area contributed by atoms with Gasteiger partial charge in [0.2, 0.25) is 5.91 Å². The molecule has 7 nitrogen and oxygen atoms in total. The molecule has 3 rings (SSSR count). The number of thiazole rings is 1. The van der Waals surface area contributed by atoms with Gasteiger partial charge in [-0.3, -0.25) is 9.69 Å². The molecule has 3 aromatic rings. The van der Waals surface area contributed by atoms with Crippen molar-refractivity contribution in [2.45, 2.75) is 17.6 Å². The SMILES string of the molecule is CNS(=O)(=O)c1sc(N(C)C(=O)Cc2ccc(-c3cccc(OC)c3)cc2)nc1C. The van der Waals surface area contributed by atoms with Crippen LogP contribution in [0.1, 0.15) is 11.3 Å². The monoisotopic (exact) mass is 445 g/mol. The Morgan fingerprint density at radius 3 is 2.50 bits per heavy atom. The summed E-state index contributed by atoms with van der Waals surface area (Å²) in [5.74, 6) is 0.609. The number of ether oxygens (including phenoxy) is 1. The molecule has 1 amide bonds. The number of likely N-dealkylation sites (N-methyl/N-ethyl adjacent to an activating group) is 1. The van der Waals surface area contributed by atoms with Crippen molar-refractivity contribution in [3.8, 4) is 16.9 Å². The molecule has 0 bridgehead atoms. The molecular formula is C21H23N3O4S2. The first-order chi connectivity index (χ1) is 14.2. The van der Waals surface area contributed by atoms with Crippen LogP contribution in [0.5, 0.6) is 5.75 Å². The number of nitrogens with one attached hydrogen (secondary N) is 1. The lowest BCUT2D eigenvalue weighted by molar-refractivity contribution is -0.117. The Bertz CT molecular complexity index is 1160. The van der Waals surface area contributed by atoms with Crippen molar-refractivity contribution in [1.29, 1.82) is 0 Å². The average molecular weight is 446 g/mol. The standard InChI is InChI=1S/C21H23N3O4S2/c1-14-20(30(26,27)22-2)29-21(23-14)24(3)19(25)12-15-8-10-16(11-9-15)17-6-5-7-18(13-17)28-4/h5-11,13,22H,12H2,1-4H3. The maximum absolute atomic E-state index is 12.7. The van der Waals surface area contributed by atoms with Crippen molar-refractivity contribution in [3.05, 3.63) is 59.8 Å². The summed E-state index contributed by atoms with van der Waals surface area (Å²) in [6.45, 7) is 1.61. The van der Waals surface area contributed by atoms with Gasteiger partial charge in [0.05, 0.1) is 19.2 Å². The number of amides is 1. The molecule has 0 saturated heterocycles. The summed E-state index contributed by atoms with van der Waals surface area (Å²) in [6, 6.07) is 15.5. The second-order valence-corrected chi connectivity index (χ2v) is 9.69. The molecule has 1 aromatic heterocycles. The number of nitrogens with zero attached hydrogens (tertiary/aromatic N) is 2. The molecule has 0 fully saturated rings. The first-order valence-electron chi connectivity index (χ1n) is 9.16. The van der Waals surface area contributed by atoms with Gasteiger partial charge in [-0.25, -0.2) is 18.1 Å². The molecular weight excluding hydrogens is 422 g/mol. The summed E-state index contributed by atoms with van der Waals surface area (Å²) >= 11 is 0.973. The molecule has 0 aliphatic rings. The van der Waals surface area contributed by atoms with E-state index in [1.54, 1.807) is 21.1 Å². The van der Waals surface area contributed by atoms with Gasteiger partial charge < -0.3 is 4.74 Å². The summed E-state index contributed by atoms with van der Waals surface area (Å²) in [4.78, 5) is 18.3. The smallest absolute Gasteiger partial charge is 0.251 e. The van der Waals surface area contributed by atoms with Crippen LogP contribution in [-0.2, 0) is 21.2 Å². The molecule has 2 aromatic carbocycles. The molecule has 0 spiro atoms. The van der Waals surface area contributed by atoms with E-state index in [9.17, 15) is 13.2 Å². The average Bonchev–Trinajstić information content (AvgIpc) is 3.16. The van der Waals surface area contributed by atoms with Crippen molar-refractivity contribution in [1.82, 2.24) is 9.71 Å². The van der Waals surface area contributed by atoms with Gasteiger partial charge in [-0.15, -0.1) is 0 Å². The number of hydrogen-bond acceptors (Lipinski definition) is 6. The minimum absolute atomic E-state index is 0.113. The van der Waals surface area contributed by atoms with Crippen LogP contribution in [0.25, 0.3) is 11.1 Å². The lowest BCUT2D eigenvalue weighted by Gasteiger charge is -2.14. The van der Waals surface area contributed by atoms with E-state index in [4.69, 9.17) is 4.74 Å². The number of methoxy groups -OCH3 is 1. The molecule has 0 aliphatic heterocycles. The number of aromatic nitrogens is 1. The molecule has 0 atom stereocenters. The van der Waals surface area contributed by atoms with Crippen molar-refractivity contribution >= 4 is 32.4 Å². The first-order valence-corrected chi connectivity index (χ1v) is 11.5. The Balaban J connectivity index is 1.74. The van der Waals surface area contributed by atoms with E-state index in [-0.39, 0.29) is 16.5 Å². The van der Waals surface area contributed by atoms with Gasteiger partial charge in [-0.05, 0) is 42.8 Å². The summed E-state index contributed by atoms with van der Waals surface area (Å²) in [5.41, 5.74) is 3.28. The van der Waals surface area contributed by atoms with Gasteiger partial charge in [0, 0.05) is 7.05 Å². The van der Waals surface area contributed by atoms with E-state index in [2.05, 4.69) is 9.71 Å². The van der Waals surface area contributed by atoms with Crippen LogP contribution in [0, 0.1) is 6.92 Å². The van der Waals surface area contributed by atoms with Crippen molar-refractivity contribution in [2.75, 3.05) is 26.1 Å². The minimum Gasteiger partial charge on any atom is -0.497 e. The highest BCUT2D eigenvalue weighted by Gasteiger charge is 2.23.